The summed E-state index contributed by atoms with van der Waals surface area (Å²) in [5, 5.41) is 2.09. The molecule has 0 aromatic heterocycles. The third kappa shape index (κ3) is 4.62. The molecule has 0 heterocycles. The Morgan fingerprint density at radius 2 is 0.941 bits per heavy atom. The van der Waals surface area contributed by atoms with Crippen molar-refractivity contribution in [3.8, 4) is 22.6 Å². The topological polar surface area (TPSA) is 18.5 Å². The molecule has 4 aromatic carbocycles. The van der Waals surface area contributed by atoms with Crippen LogP contribution in [-0.4, -0.2) is 26.6 Å². The normalized spacial score (nSPS) is 12.4. The Morgan fingerprint density at radius 3 is 1.26 bits per heavy atom. The summed E-state index contributed by atoms with van der Waals surface area (Å²) in [6.07, 6.45) is -11.5. The highest BCUT2D eigenvalue weighted by Crippen LogP contribution is 2.49. The van der Waals surface area contributed by atoms with Crippen LogP contribution in [0.4, 0.5) is 26.3 Å². The van der Waals surface area contributed by atoms with Crippen LogP contribution < -0.4 is 9.47 Å². The maximum absolute atomic E-state index is 13.4. The predicted molar refractivity (Wildman–Crippen MR) is 120 cm³/mol. The Hall–Kier alpha value is -3.42. The van der Waals surface area contributed by atoms with Gasteiger partial charge in [0.05, 0.1) is 27.1 Å². The van der Waals surface area contributed by atoms with Crippen LogP contribution in [0.1, 0.15) is 11.1 Å². The van der Waals surface area contributed by atoms with Gasteiger partial charge in [0.2, 0.25) is 0 Å². The second-order valence-electron chi connectivity index (χ2n) is 7.91. The zero-order valence-electron chi connectivity index (χ0n) is 18.3. The lowest BCUT2D eigenvalue weighted by atomic mass is 9.87. The van der Waals surface area contributed by atoms with Crippen molar-refractivity contribution in [2.45, 2.75) is 25.2 Å². The Bertz CT molecular complexity index is 1250. The van der Waals surface area contributed by atoms with Gasteiger partial charge in [-0.3, -0.25) is 0 Å². The van der Waals surface area contributed by atoms with Crippen LogP contribution in [-0.2, 0) is 12.8 Å². The van der Waals surface area contributed by atoms with Crippen molar-refractivity contribution in [1.82, 2.24) is 0 Å². The molecule has 178 valence electrons. The fraction of sp³-hybridized carbons (Fsp3) is 0.231. The molecule has 0 saturated carbocycles. The zero-order valence-corrected chi connectivity index (χ0v) is 18.3. The minimum atomic E-state index is -4.52. The van der Waals surface area contributed by atoms with E-state index in [1.165, 1.54) is 26.4 Å². The molecule has 0 N–H and O–H groups in total. The molecule has 2 nitrogen and oxygen atoms in total. The lowest BCUT2D eigenvalue weighted by Crippen LogP contribution is -2.14. The van der Waals surface area contributed by atoms with Gasteiger partial charge in [-0.15, -0.1) is 0 Å². The van der Waals surface area contributed by atoms with Crippen LogP contribution in [0.25, 0.3) is 32.7 Å². The molecule has 4 aromatic rings. The number of methoxy groups -OCH3 is 2. The van der Waals surface area contributed by atoms with Crippen LogP contribution >= 0.6 is 0 Å². The number of alkyl halides is 6. The summed E-state index contributed by atoms with van der Waals surface area (Å²) in [5.74, 6) is -0.104. The van der Waals surface area contributed by atoms with Gasteiger partial charge in [0.1, 0.15) is 11.5 Å². The molecule has 0 radical (unpaired) electrons. The summed E-state index contributed by atoms with van der Waals surface area (Å²) < 4.78 is 91.6. The fourth-order valence-corrected chi connectivity index (χ4v) is 4.43. The molecule has 0 unspecified atom stereocenters. The Kier molecular flexibility index (Phi) is 6.10. The number of hydrogen-bond donors (Lipinski definition) is 0. The van der Waals surface area contributed by atoms with E-state index < -0.39 is 25.2 Å². The molecule has 0 amide bonds. The van der Waals surface area contributed by atoms with Crippen molar-refractivity contribution in [2.24, 2.45) is 0 Å². The molecule has 0 saturated heterocycles. The summed E-state index contributed by atoms with van der Waals surface area (Å²) in [4.78, 5) is 0. The summed E-state index contributed by atoms with van der Waals surface area (Å²) in [7, 11) is 2.50. The summed E-state index contributed by atoms with van der Waals surface area (Å²) in [6, 6.07) is 16.3. The third-order valence-corrected chi connectivity index (χ3v) is 5.60. The van der Waals surface area contributed by atoms with Crippen LogP contribution in [0.15, 0.2) is 60.7 Å². The summed E-state index contributed by atoms with van der Waals surface area (Å²) in [5.41, 5.74) is 0.293. The van der Waals surface area contributed by atoms with E-state index in [-0.39, 0.29) is 33.8 Å². The minimum absolute atomic E-state index is 0.0522. The van der Waals surface area contributed by atoms with Gasteiger partial charge >= 0.3 is 12.4 Å². The number of hydrogen-bond acceptors (Lipinski definition) is 2. The first-order chi connectivity index (χ1) is 16.0. The fourth-order valence-electron chi connectivity index (χ4n) is 4.43. The number of halogens is 6. The van der Waals surface area contributed by atoms with Gasteiger partial charge in [0.15, 0.2) is 0 Å². The first kappa shape index (κ1) is 23.7. The highest BCUT2D eigenvalue weighted by atomic mass is 19.4. The van der Waals surface area contributed by atoms with Gasteiger partial charge in [0, 0.05) is 22.3 Å². The lowest BCUT2D eigenvalue weighted by Gasteiger charge is -2.23. The first-order valence-electron chi connectivity index (χ1n) is 10.3. The monoisotopic (exact) mass is 478 g/mol. The number of benzene rings is 4. The SMILES string of the molecule is COc1c(CC(F)(F)F)cc2ccccc2c1-c1c(OC)c(CC(F)(F)F)cc2ccccc12. The van der Waals surface area contributed by atoms with E-state index in [0.29, 0.717) is 21.5 Å². The Balaban J connectivity index is 2.20. The van der Waals surface area contributed by atoms with Crippen LogP contribution in [0, 0.1) is 0 Å². The molecule has 0 aliphatic heterocycles. The summed E-state index contributed by atoms with van der Waals surface area (Å²) in [6.45, 7) is 0. The molecular weight excluding hydrogens is 458 g/mol. The molecule has 0 aliphatic carbocycles. The van der Waals surface area contributed by atoms with E-state index >= 15 is 0 Å². The second kappa shape index (κ2) is 8.74. The Labute approximate surface area is 191 Å². The molecule has 0 bridgehead atoms. The third-order valence-electron chi connectivity index (χ3n) is 5.60. The molecule has 0 spiro atoms. The van der Waals surface area contributed by atoms with Crippen molar-refractivity contribution >= 4 is 21.5 Å². The number of ether oxygens (including phenoxy) is 2. The van der Waals surface area contributed by atoms with Gasteiger partial charge in [-0.2, -0.15) is 26.3 Å². The van der Waals surface area contributed by atoms with E-state index in [1.54, 1.807) is 48.5 Å². The standard InChI is InChI=1S/C26H20F6O2/c1-33-23-17(13-25(27,28)29)11-15-7-3-5-9-19(15)21(23)22-20-10-6-4-8-16(20)12-18(24(22)34-2)14-26(30,31)32/h3-12H,13-14H2,1-2H3. The molecule has 8 heteroatoms. The molecule has 0 fully saturated rings. The van der Waals surface area contributed by atoms with Crippen molar-refractivity contribution in [3.63, 3.8) is 0 Å². The minimum Gasteiger partial charge on any atom is -0.496 e. The van der Waals surface area contributed by atoms with Gasteiger partial charge in [-0.1, -0.05) is 48.5 Å². The average Bonchev–Trinajstić information content (AvgIpc) is 2.75. The maximum Gasteiger partial charge on any atom is 0.393 e. The predicted octanol–water partition coefficient (Wildman–Crippen LogP) is 7.89. The van der Waals surface area contributed by atoms with E-state index in [4.69, 9.17) is 9.47 Å². The van der Waals surface area contributed by atoms with E-state index in [9.17, 15) is 26.3 Å². The zero-order chi connectivity index (χ0) is 24.7. The van der Waals surface area contributed by atoms with Crippen molar-refractivity contribution in [2.75, 3.05) is 14.2 Å². The number of rotatable bonds is 5. The lowest BCUT2D eigenvalue weighted by molar-refractivity contribution is -0.128. The van der Waals surface area contributed by atoms with Crippen molar-refractivity contribution in [1.29, 1.82) is 0 Å². The highest BCUT2D eigenvalue weighted by molar-refractivity contribution is 6.10. The van der Waals surface area contributed by atoms with E-state index in [2.05, 4.69) is 0 Å². The first-order valence-corrected chi connectivity index (χ1v) is 10.3. The van der Waals surface area contributed by atoms with Crippen LogP contribution in [0.3, 0.4) is 0 Å². The second-order valence-corrected chi connectivity index (χ2v) is 7.91. The highest BCUT2D eigenvalue weighted by Gasteiger charge is 2.34. The number of fused-ring (bicyclic) bond motifs is 2. The molecule has 34 heavy (non-hydrogen) atoms. The maximum atomic E-state index is 13.4. The van der Waals surface area contributed by atoms with Crippen LogP contribution in [0.2, 0.25) is 0 Å². The smallest absolute Gasteiger partial charge is 0.393 e. The summed E-state index contributed by atoms with van der Waals surface area (Å²) >= 11 is 0. The van der Waals surface area contributed by atoms with Gasteiger partial charge < -0.3 is 9.47 Å². The van der Waals surface area contributed by atoms with Gasteiger partial charge in [-0.05, 0) is 33.7 Å². The molecule has 0 aliphatic rings. The largest absolute Gasteiger partial charge is 0.496 e. The quantitative estimate of drug-likeness (QED) is 0.272. The van der Waals surface area contributed by atoms with E-state index in [0.717, 1.165) is 0 Å². The van der Waals surface area contributed by atoms with Gasteiger partial charge in [-0.25, -0.2) is 0 Å². The molecular formula is C26H20F6O2. The van der Waals surface area contributed by atoms with Crippen molar-refractivity contribution < 1.29 is 35.8 Å². The van der Waals surface area contributed by atoms with Gasteiger partial charge in [0.25, 0.3) is 0 Å². The van der Waals surface area contributed by atoms with Crippen molar-refractivity contribution in [3.05, 3.63) is 71.8 Å². The van der Waals surface area contributed by atoms with Crippen LogP contribution in [0.5, 0.6) is 11.5 Å². The molecule has 4 rings (SSSR count). The van der Waals surface area contributed by atoms with E-state index in [1.807, 2.05) is 0 Å². The Morgan fingerprint density at radius 1 is 0.588 bits per heavy atom. The average molecular weight is 478 g/mol. The molecule has 0 atom stereocenters.